The van der Waals surface area contributed by atoms with Crippen molar-refractivity contribution in [3.63, 3.8) is 0 Å². The van der Waals surface area contributed by atoms with Gasteiger partial charge in [0.25, 0.3) is 0 Å². The van der Waals surface area contributed by atoms with Gasteiger partial charge in [0, 0.05) is 11.8 Å². The Morgan fingerprint density at radius 1 is 1.29 bits per heavy atom. The van der Waals surface area contributed by atoms with Crippen LogP contribution in [0.1, 0.15) is 31.5 Å². The summed E-state index contributed by atoms with van der Waals surface area (Å²) in [6.45, 7) is 4.25. The number of rotatable bonds is 4. The van der Waals surface area contributed by atoms with Crippen LogP contribution in [0.2, 0.25) is 0 Å². The first-order chi connectivity index (χ1) is 8.27. The van der Waals surface area contributed by atoms with Gasteiger partial charge in [-0.25, -0.2) is 4.98 Å². The number of aryl methyl sites for hydroxylation is 1. The standard InChI is InChI=1S/C13H18N4/c1-3-7-10-11(4-2)16-17(13(10)14)12-8-5-6-9-15-12/h5-6,8-9H,3-4,7,14H2,1-2H3. The first kappa shape index (κ1) is 11.6. The lowest BCUT2D eigenvalue weighted by atomic mass is 10.1. The molecule has 17 heavy (non-hydrogen) atoms. The first-order valence-electron chi connectivity index (χ1n) is 6.05. The second kappa shape index (κ2) is 4.99. The van der Waals surface area contributed by atoms with Crippen molar-refractivity contribution in [1.29, 1.82) is 0 Å². The molecule has 0 bridgehead atoms. The molecule has 2 heterocycles. The van der Waals surface area contributed by atoms with Crippen molar-refractivity contribution in [2.75, 3.05) is 5.73 Å². The minimum atomic E-state index is 0.724. The Bertz CT molecular complexity index is 488. The fourth-order valence-corrected chi connectivity index (χ4v) is 1.97. The molecule has 2 N–H and O–H groups in total. The summed E-state index contributed by atoms with van der Waals surface area (Å²) in [6, 6.07) is 5.74. The summed E-state index contributed by atoms with van der Waals surface area (Å²) >= 11 is 0. The molecule has 0 unspecified atom stereocenters. The van der Waals surface area contributed by atoms with Crippen molar-refractivity contribution in [3.8, 4) is 5.82 Å². The summed E-state index contributed by atoms with van der Waals surface area (Å²) in [7, 11) is 0. The molecule has 0 aliphatic rings. The van der Waals surface area contributed by atoms with E-state index in [2.05, 4.69) is 23.9 Å². The van der Waals surface area contributed by atoms with Crippen molar-refractivity contribution >= 4 is 5.82 Å². The van der Waals surface area contributed by atoms with E-state index < -0.39 is 0 Å². The van der Waals surface area contributed by atoms with Gasteiger partial charge in [-0.3, -0.25) is 0 Å². The van der Waals surface area contributed by atoms with Crippen LogP contribution >= 0.6 is 0 Å². The number of nitrogens with zero attached hydrogens (tertiary/aromatic N) is 3. The van der Waals surface area contributed by atoms with Crippen LogP contribution in [0.25, 0.3) is 5.82 Å². The molecular weight excluding hydrogens is 212 g/mol. The van der Waals surface area contributed by atoms with Crippen LogP contribution in [0.3, 0.4) is 0 Å². The third-order valence-corrected chi connectivity index (χ3v) is 2.81. The number of anilines is 1. The van der Waals surface area contributed by atoms with E-state index in [0.29, 0.717) is 0 Å². The van der Waals surface area contributed by atoms with E-state index in [4.69, 9.17) is 5.73 Å². The Morgan fingerprint density at radius 2 is 2.12 bits per heavy atom. The molecular formula is C13H18N4. The van der Waals surface area contributed by atoms with E-state index >= 15 is 0 Å². The molecule has 0 aliphatic carbocycles. The maximum Gasteiger partial charge on any atom is 0.155 e. The van der Waals surface area contributed by atoms with Crippen LogP contribution in [0, 0.1) is 0 Å². The summed E-state index contributed by atoms with van der Waals surface area (Å²) in [5.74, 6) is 1.50. The number of hydrogen-bond donors (Lipinski definition) is 1. The maximum absolute atomic E-state index is 6.16. The van der Waals surface area contributed by atoms with Crippen LogP contribution in [0.5, 0.6) is 0 Å². The van der Waals surface area contributed by atoms with Crippen molar-refractivity contribution in [3.05, 3.63) is 35.7 Å². The van der Waals surface area contributed by atoms with Gasteiger partial charge in [-0.15, -0.1) is 0 Å². The summed E-state index contributed by atoms with van der Waals surface area (Å²) in [5.41, 5.74) is 8.40. The van der Waals surface area contributed by atoms with Gasteiger partial charge >= 0.3 is 0 Å². The van der Waals surface area contributed by atoms with Gasteiger partial charge in [0.05, 0.1) is 5.69 Å². The molecule has 0 aromatic carbocycles. The third kappa shape index (κ3) is 2.16. The molecule has 0 aliphatic heterocycles. The minimum absolute atomic E-state index is 0.724. The van der Waals surface area contributed by atoms with Crippen LogP contribution in [-0.2, 0) is 12.8 Å². The fraction of sp³-hybridized carbons (Fsp3) is 0.385. The molecule has 2 aromatic heterocycles. The maximum atomic E-state index is 6.16. The summed E-state index contributed by atoms with van der Waals surface area (Å²) in [5, 5.41) is 4.55. The highest BCUT2D eigenvalue weighted by atomic mass is 15.3. The lowest BCUT2D eigenvalue weighted by molar-refractivity contribution is 0.822. The van der Waals surface area contributed by atoms with Gasteiger partial charge in [0.1, 0.15) is 5.82 Å². The predicted molar refractivity (Wildman–Crippen MR) is 69.1 cm³/mol. The zero-order chi connectivity index (χ0) is 12.3. The van der Waals surface area contributed by atoms with Crippen molar-refractivity contribution in [1.82, 2.24) is 14.8 Å². The molecule has 90 valence electrons. The molecule has 2 rings (SSSR count). The van der Waals surface area contributed by atoms with Crippen molar-refractivity contribution < 1.29 is 0 Å². The smallest absolute Gasteiger partial charge is 0.155 e. The number of aromatic nitrogens is 3. The van der Waals surface area contributed by atoms with E-state index in [9.17, 15) is 0 Å². The highest BCUT2D eigenvalue weighted by molar-refractivity contribution is 5.48. The predicted octanol–water partition coefficient (Wildman–Crippen LogP) is 2.36. The van der Waals surface area contributed by atoms with Crippen molar-refractivity contribution in [2.45, 2.75) is 33.1 Å². The van der Waals surface area contributed by atoms with E-state index in [1.54, 1.807) is 10.9 Å². The van der Waals surface area contributed by atoms with Gasteiger partial charge in [-0.1, -0.05) is 26.3 Å². The minimum Gasteiger partial charge on any atom is -0.383 e. The Hall–Kier alpha value is -1.84. The first-order valence-corrected chi connectivity index (χ1v) is 6.05. The summed E-state index contributed by atoms with van der Waals surface area (Å²) in [4.78, 5) is 4.28. The lowest BCUT2D eigenvalue weighted by Gasteiger charge is -2.03. The van der Waals surface area contributed by atoms with Crippen LogP contribution in [-0.4, -0.2) is 14.8 Å². The van der Waals surface area contributed by atoms with Crippen LogP contribution in [0.4, 0.5) is 5.82 Å². The summed E-state index contributed by atoms with van der Waals surface area (Å²) < 4.78 is 1.74. The average molecular weight is 230 g/mol. The largest absolute Gasteiger partial charge is 0.383 e. The number of nitrogens with two attached hydrogens (primary N) is 1. The van der Waals surface area contributed by atoms with E-state index in [1.165, 1.54) is 5.56 Å². The normalized spacial score (nSPS) is 10.7. The SMILES string of the molecule is CCCc1c(CC)nn(-c2ccccn2)c1N. The molecule has 0 fully saturated rings. The van der Waals surface area contributed by atoms with Gasteiger partial charge in [-0.05, 0) is 25.0 Å². The summed E-state index contributed by atoms with van der Waals surface area (Å²) in [6.07, 6.45) is 4.70. The lowest BCUT2D eigenvalue weighted by Crippen LogP contribution is -2.04. The molecule has 0 saturated heterocycles. The zero-order valence-electron chi connectivity index (χ0n) is 10.3. The van der Waals surface area contributed by atoms with E-state index in [1.807, 2.05) is 18.2 Å². The van der Waals surface area contributed by atoms with Crippen molar-refractivity contribution in [2.24, 2.45) is 0 Å². The molecule has 4 nitrogen and oxygen atoms in total. The fourth-order valence-electron chi connectivity index (χ4n) is 1.97. The van der Waals surface area contributed by atoms with Gasteiger partial charge in [0.2, 0.25) is 0 Å². The number of hydrogen-bond acceptors (Lipinski definition) is 3. The monoisotopic (exact) mass is 230 g/mol. The molecule has 0 atom stereocenters. The average Bonchev–Trinajstić information content (AvgIpc) is 2.69. The Labute approximate surface area is 101 Å². The van der Waals surface area contributed by atoms with E-state index in [-0.39, 0.29) is 0 Å². The highest BCUT2D eigenvalue weighted by Gasteiger charge is 2.14. The van der Waals surface area contributed by atoms with Gasteiger partial charge < -0.3 is 5.73 Å². The highest BCUT2D eigenvalue weighted by Crippen LogP contribution is 2.21. The van der Waals surface area contributed by atoms with Gasteiger partial charge in [-0.2, -0.15) is 9.78 Å². The van der Waals surface area contributed by atoms with Crippen LogP contribution in [0.15, 0.2) is 24.4 Å². The zero-order valence-corrected chi connectivity index (χ0v) is 10.3. The Morgan fingerprint density at radius 3 is 2.71 bits per heavy atom. The topological polar surface area (TPSA) is 56.7 Å². The Kier molecular flexibility index (Phi) is 3.42. The second-order valence-electron chi connectivity index (χ2n) is 4.01. The molecule has 2 aromatic rings. The second-order valence-corrected chi connectivity index (χ2v) is 4.01. The Balaban J connectivity index is 2.49. The molecule has 0 amide bonds. The van der Waals surface area contributed by atoms with E-state index in [0.717, 1.165) is 36.6 Å². The number of nitrogen functional groups attached to an aromatic ring is 1. The molecule has 0 radical (unpaired) electrons. The quantitative estimate of drug-likeness (QED) is 0.877. The number of pyridine rings is 1. The molecule has 0 saturated carbocycles. The molecule has 4 heteroatoms. The third-order valence-electron chi connectivity index (χ3n) is 2.81. The van der Waals surface area contributed by atoms with Crippen LogP contribution < -0.4 is 5.73 Å². The molecule has 0 spiro atoms. The van der Waals surface area contributed by atoms with Gasteiger partial charge in [0.15, 0.2) is 5.82 Å².